The fourth-order valence-electron chi connectivity index (χ4n) is 6.28. The first-order valence-corrected chi connectivity index (χ1v) is 17.1. The van der Waals surface area contributed by atoms with E-state index in [-0.39, 0.29) is 40.1 Å². The Balaban J connectivity index is 1.41. The molecular formula is C33H33BrClFN6O4S. The molecule has 2 unspecified atom stereocenters. The molecule has 47 heavy (non-hydrogen) atoms. The number of nitrogens with one attached hydrogen (secondary N) is 1. The van der Waals surface area contributed by atoms with Crippen molar-refractivity contribution in [1.29, 1.82) is 5.26 Å². The first-order chi connectivity index (χ1) is 22.0. The number of carbonyl (C=O) groups excluding carboxylic acids is 2. The summed E-state index contributed by atoms with van der Waals surface area (Å²) < 4.78 is 28.9. The lowest BCUT2D eigenvalue weighted by Crippen LogP contribution is -2.57. The van der Waals surface area contributed by atoms with Crippen molar-refractivity contribution < 1.29 is 23.5 Å². The number of nitrogens with zero attached hydrogens (tertiary/aromatic N) is 5. The first-order valence-electron chi connectivity index (χ1n) is 15.1. The molecule has 1 N–H and O–H groups in total. The van der Waals surface area contributed by atoms with Gasteiger partial charge in [0.2, 0.25) is 5.28 Å². The van der Waals surface area contributed by atoms with Crippen molar-refractivity contribution in [2.75, 3.05) is 23.3 Å². The highest BCUT2D eigenvalue weighted by Gasteiger charge is 2.45. The zero-order valence-corrected chi connectivity index (χ0v) is 29.9. The molecule has 246 valence electrons. The number of aromatic nitrogens is 2. The third-order valence-electron chi connectivity index (χ3n) is 7.93. The van der Waals surface area contributed by atoms with E-state index in [4.69, 9.17) is 21.1 Å². The summed E-state index contributed by atoms with van der Waals surface area (Å²) in [6.45, 7) is 11.7. The standard InChI is InChI=1S/C33H33BrClFN6O4S/c1-32(2,3)45-30(43)40-28-20(13-37)23-18(8-7-9-22(23)47-28)24-21(34)12-19-26(25(24)36)38-29(35)39-27(19)41-14-16-10-11-17(15-41)42(16)31(44)46-33(4,5)6/h7-9,12,16-17H,10-11,14-15H2,1-6H3,(H,40,43). The minimum atomic E-state index is -0.731. The Labute approximate surface area is 288 Å². The minimum Gasteiger partial charge on any atom is -0.444 e. The molecule has 14 heteroatoms. The number of anilines is 2. The lowest BCUT2D eigenvalue weighted by Gasteiger charge is -2.42. The number of ether oxygens (including phenoxy) is 2. The number of rotatable bonds is 3. The Morgan fingerprint density at radius 3 is 2.38 bits per heavy atom. The lowest BCUT2D eigenvalue weighted by atomic mass is 9.97. The molecule has 2 atom stereocenters. The van der Waals surface area contributed by atoms with Gasteiger partial charge in [-0.25, -0.2) is 19.0 Å². The Morgan fingerprint density at radius 2 is 1.77 bits per heavy atom. The molecular weight excluding hydrogens is 711 g/mol. The van der Waals surface area contributed by atoms with Crippen LogP contribution in [-0.2, 0) is 9.47 Å². The summed E-state index contributed by atoms with van der Waals surface area (Å²) >= 11 is 11.2. The van der Waals surface area contributed by atoms with Gasteiger partial charge in [-0.2, -0.15) is 10.2 Å². The second-order valence-electron chi connectivity index (χ2n) is 13.7. The molecule has 6 rings (SSSR count). The molecule has 4 heterocycles. The second kappa shape index (κ2) is 12.1. The van der Waals surface area contributed by atoms with E-state index < -0.39 is 23.1 Å². The Hall–Kier alpha value is -3.73. The van der Waals surface area contributed by atoms with Crippen molar-refractivity contribution in [3.63, 3.8) is 0 Å². The highest BCUT2D eigenvalue weighted by molar-refractivity contribution is 9.10. The zero-order valence-electron chi connectivity index (χ0n) is 26.7. The van der Waals surface area contributed by atoms with Crippen LogP contribution in [0, 0.1) is 17.1 Å². The maximum atomic E-state index is 16.8. The first kappa shape index (κ1) is 33.2. The van der Waals surface area contributed by atoms with Gasteiger partial charge < -0.3 is 14.4 Å². The number of carbonyl (C=O) groups is 2. The number of nitriles is 1. The van der Waals surface area contributed by atoms with Gasteiger partial charge in [-0.05, 0) is 83.7 Å². The van der Waals surface area contributed by atoms with Gasteiger partial charge in [0.15, 0.2) is 5.82 Å². The molecule has 2 fully saturated rings. The molecule has 10 nitrogen and oxygen atoms in total. The van der Waals surface area contributed by atoms with Crippen molar-refractivity contribution in [1.82, 2.24) is 14.9 Å². The van der Waals surface area contributed by atoms with Crippen LogP contribution in [0.4, 0.5) is 24.8 Å². The fraction of sp³-hybridized carbons (Fsp3) is 0.424. The van der Waals surface area contributed by atoms with E-state index in [0.717, 1.165) is 12.8 Å². The molecule has 2 aromatic carbocycles. The lowest BCUT2D eigenvalue weighted by molar-refractivity contribution is 0.0122. The summed E-state index contributed by atoms with van der Waals surface area (Å²) in [5.74, 6) is -0.165. The van der Waals surface area contributed by atoms with Gasteiger partial charge in [-0.15, -0.1) is 11.3 Å². The van der Waals surface area contributed by atoms with E-state index in [9.17, 15) is 14.9 Å². The summed E-state index contributed by atoms with van der Waals surface area (Å²) in [5, 5.41) is 14.0. The van der Waals surface area contributed by atoms with Gasteiger partial charge in [0.05, 0.1) is 17.6 Å². The van der Waals surface area contributed by atoms with Crippen molar-refractivity contribution in [3.05, 3.63) is 45.4 Å². The van der Waals surface area contributed by atoms with Crippen molar-refractivity contribution in [2.45, 2.75) is 77.7 Å². The SMILES string of the molecule is CC(C)(C)OC(=O)Nc1sc2cccc(-c3c(Br)cc4c(N5CC6CCC(C5)N6C(=O)OC(C)(C)C)nc(Cl)nc4c3F)c2c1C#N. The van der Waals surface area contributed by atoms with E-state index in [1.807, 2.05) is 30.6 Å². The predicted octanol–water partition coefficient (Wildman–Crippen LogP) is 8.87. The summed E-state index contributed by atoms with van der Waals surface area (Å²) in [6, 6.07) is 9.05. The zero-order chi connectivity index (χ0) is 34.0. The van der Waals surface area contributed by atoms with E-state index in [1.54, 1.807) is 45.0 Å². The van der Waals surface area contributed by atoms with Crippen molar-refractivity contribution >= 4 is 82.9 Å². The third kappa shape index (κ3) is 6.43. The topological polar surface area (TPSA) is 121 Å². The largest absolute Gasteiger partial charge is 0.444 e. The average Bonchev–Trinajstić information content (AvgIpc) is 3.44. The van der Waals surface area contributed by atoms with E-state index >= 15 is 4.39 Å². The van der Waals surface area contributed by atoms with Crippen LogP contribution in [0.25, 0.3) is 32.1 Å². The molecule has 0 radical (unpaired) electrons. The molecule has 2 aliphatic heterocycles. The van der Waals surface area contributed by atoms with Crippen LogP contribution in [0.5, 0.6) is 0 Å². The van der Waals surface area contributed by atoms with E-state index in [0.29, 0.717) is 49.4 Å². The number of fused-ring (bicyclic) bond motifs is 4. The molecule has 2 aromatic heterocycles. The number of hydrogen-bond acceptors (Lipinski definition) is 9. The van der Waals surface area contributed by atoms with Gasteiger partial charge in [0, 0.05) is 38.6 Å². The van der Waals surface area contributed by atoms with Gasteiger partial charge in [0.1, 0.15) is 33.6 Å². The number of benzene rings is 2. The molecule has 0 spiro atoms. The van der Waals surface area contributed by atoms with Crippen LogP contribution in [0.15, 0.2) is 28.7 Å². The Kier molecular flexibility index (Phi) is 8.51. The smallest absolute Gasteiger partial charge is 0.412 e. The number of hydrogen-bond donors (Lipinski definition) is 1. The van der Waals surface area contributed by atoms with Crippen molar-refractivity contribution in [2.24, 2.45) is 0 Å². The highest BCUT2D eigenvalue weighted by atomic mass is 79.9. The molecule has 4 aromatic rings. The minimum absolute atomic E-state index is 0.0259. The Bertz CT molecular complexity index is 1970. The van der Waals surface area contributed by atoms with Crippen LogP contribution in [0.2, 0.25) is 5.28 Å². The maximum absolute atomic E-state index is 16.8. The number of amides is 2. The summed E-state index contributed by atoms with van der Waals surface area (Å²) in [5.41, 5.74) is -0.486. The van der Waals surface area contributed by atoms with Gasteiger partial charge in [0.25, 0.3) is 0 Å². The molecule has 2 saturated heterocycles. The van der Waals surface area contributed by atoms with Crippen LogP contribution >= 0.6 is 38.9 Å². The molecule has 0 saturated carbocycles. The summed E-state index contributed by atoms with van der Waals surface area (Å²) in [4.78, 5) is 38.3. The highest BCUT2D eigenvalue weighted by Crippen LogP contribution is 2.46. The van der Waals surface area contributed by atoms with E-state index in [2.05, 4.69) is 37.3 Å². The molecule has 2 amide bonds. The van der Waals surface area contributed by atoms with Crippen LogP contribution in [0.3, 0.4) is 0 Å². The fourth-order valence-corrected chi connectivity index (χ4v) is 8.12. The Morgan fingerprint density at radius 1 is 1.11 bits per heavy atom. The predicted molar refractivity (Wildman–Crippen MR) is 185 cm³/mol. The molecule has 0 aliphatic carbocycles. The monoisotopic (exact) mass is 742 g/mol. The quantitative estimate of drug-likeness (QED) is 0.207. The number of thiophene rings is 1. The van der Waals surface area contributed by atoms with Crippen LogP contribution in [-0.4, -0.2) is 63.4 Å². The summed E-state index contributed by atoms with van der Waals surface area (Å²) in [7, 11) is 0. The molecule has 2 aliphatic rings. The van der Waals surface area contributed by atoms with Gasteiger partial charge >= 0.3 is 12.2 Å². The second-order valence-corrected chi connectivity index (χ2v) is 15.9. The summed E-state index contributed by atoms with van der Waals surface area (Å²) in [6.07, 6.45) is 0.600. The maximum Gasteiger partial charge on any atom is 0.412 e. The van der Waals surface area contributed by atoms with Crippen molar-refractivity contribution in [3.8, 4) is 17.2 Å². The number of halogens is 3. The van der Waals surface area contributed by atoms with Crippen LogP contribution in [0.1, 0.15) is 59.9 Å². The number of piperazine rings is 1. The normalized spacial score (nSPS) is 18.0. The van der Waals surface area contributed by atoms with E-state index in [1.165, 1.54) is 11.3 Å². The third-order valence-corrected chi connectivity index (χ3v) is 9.80. The average molecular weight is 744 g/mol. The van der Waals surface area contributed by atoms with Gasteiger partial charge in [-0.1, -0.05) is 28.1 Å². The van der Waals surface area contributed by atoms with Crippen LogP contribution < -0.4 is 10.2 Å². The van der Waals surface area contributed by atoms with Gasteiger partial charge in [-0.3, -0.25) is 10.2 Å². The molecule has 2 bridgehead atoms.